The summed E-state index contributed by atoms with van der Waals surface area (Å²) in [4.78, 5) is 11.8. The second kappa shape index (κ2) is 8.56. The van der Waals surface area contributed by atoms with Gasteiger partial charge in [-0.1, -0.05) is 6.08 Å². The van der Waals surface area contributed by atoms with Crippen LogP contribution in [0, 0.1) is 63.7 Å². The number of allylic oxidation sites excluding steroid dienone is 1. The first-order valence-electron chi connectivity index (χ1n) is 6.99. The molecule has 1 aromatic carbocycles. The minimum atomic E-state index is -0.133. The van der Waals surface area contributed by atoms with Gasteiger partial charge in [0.15, 0.2) is 0 Å². The van der Waals surface area contributed by atoms with Gasteiger partial charge in [-0.2, -0.15) is 0 Å². The molecular weight excluding hydrogens is 330 g/mol. The fourth-order valence-corrected chi connectivity index (χ4v) is 2.29. The number of anilines is 1. The number of phenols is 1. The summed E-state index contributed by atoms with van der Waals surface area (Å²) in [6.07, 6.45) is 19.5. The molecule has 2 saturated carbocycles. The first kappa shape index (κ1) is 18.1. The van der Waals surface area contributed by atoms with Gasteiger partial charge in [0.05, 0.1) is 0 Å². The van der Waals surface area contributed by atoms with Crippen molar-refractivity contribution < 1.29 is 27.0 Å². The molecule has 0 bridgehead atoms. The molecule has 3 aliphatic rings. The Morgan fingerprint density at radius 2 is 1.52 bits per heavy atom. The minimum Gasteiger partial charge on any atom is -0.508 e. The van der Waals surface area contributed by atoms with Crippen molar-refractivity contribution in [3.63, 3.8) is 0 Å². The van der Waals surface area contributed by atoms with Gasteiger partial charge in [-0.15, -0.1) is 0 Å². The number of carbonyl (C=O) groups is 1. The Morgan fingerprint density at radius 3 is 2.13 bits per heavy atom. The van der Waals surface area contributed by atoms with E-state index in [4.69, 9.17) is 0 Å². The Bertz CT molecular complexity index is 565. The van der Waals surface area contributed by atoms with E-state index < -0.39 is 0 Å². The molecule has 4 rings (SSSR count). The summed E-state index contributed by atoms with van der Waals surface area (Å²) in [5.74, 6) is 1.01. The largest absolute Gasteiger partial charge is 2.00 e. The van der Waals surface area contributed by atoms with Gasteiger partial charge >= 0.3 is 17.1 Å². The van der Waals surface area contributed by atoms with Crippen LogP contribution < -0.4 is 5.32 Å². The quantitative estimate of drug-likeness (QED) is 0.467. The second-order valence-electron chi connectivity index (χ2n) is 4.92. The number of phenolic OH excluding ortho intramolecular Hbond substituents is 1. The van der Waals surface area contributed by atoms with E-state index in [0.29, 0.717) is 5.57 Å². The third-order valence-electron chi connectivity index (χ3n) is 3.34. The molecule has 0 spiro atoms. The van der Waals surface area contributed by atoms with Gasteiger partial charge in [0.1, 0.15) is 5.75 Å². The van der Waals surface area contributed by atoms with E-state index in [1.165, 1.54) is 0 Å². The SMILES string of the molecule is O=C1Nc2ccc(O)cc2/C1=C/[C]1[CH][CH][CH][CH]1.[CH]1[CH][CH][CH][CH]1.[Fe+2]. The number of benzene rings is 1. The maximum atomic E-state index is 11.8. The smallest absolute Gasteiger partial charge is 0.508 e. The van der Waals surface area contributed by atoms with Gasteiger partial charge in [-0.25, -0.2) is 0 Å². The maximum absolute atomic E-state index is 11.8. The van der Waals surface area contributed by atoms with Crippen molar-refractivity contribution in [3.05, 3.63) is 93.5 Å². The molecule has 2 aliphatic carbocycles. The first-order valence-corrected chi connectivity index (χ1v) is 6.99. The normalized spacial score (nSPS) is 21.4. The molecule has 0 unspecified atom stereocenters. The summed E-state index contributed by atoms with van der Waals surface area (Å²) in [6, 6.07) is 4.86. The average molecular weight is 345 g/mol. The zero-order valence-corrected chi connectivity index (χ0v) is 13.3. The zero-order chi connectivity index (χ0) is 15.4. The van der Waals surface area contributed by atoms with Crippen molar-refractivity contribution in [2.24, 2.45) is 0 Å². The second-order valence-corrected chi connectivity index (χ2v) is 4.92. The number of aromatic hydroxyl groups is 1. The third-order valence-corrected chi connectivity index (χ3v) is 3.34. The minimum absolute atomic E-state index is 0. The van der Waals surface area contributed by atoms with Gasteiger partial charge < -0.3 is 10.4 Å². The summed E-state index contributed by atoms with van der Waals surface area (Å²) in [6.45, 7) is 0. The molecule has 114 valence electrons. The summed E-state index contributed by atoms with van der Waals surface area (Å²) < 4.78 is 0. The molecule has 1 amide bonds. The summed E-state index contributed by atoms with van der Waals surface area (Å²) in [7, 11) is 0. The Balaban J connectivity index is 0.000000276. The van der Waals surface area contributed by atoms with Crippen LogP contribution in [-0.2, 0) is 21.9 Å². The number of hydrogen-bond donors (Lipinski definition) is 2. The molecule has 0 aromatic heterocycles. The number of carbonyl (C=O) groups excluding carboxylic acids is 1. The molecule has 4 heteroatoms. The standard InChI is InChI=1S/C14H10NO2.C5H5.Fe/c16-10-5-6-13-11(8-10)12(14(17)15-13)7-9-3-1-2-4-9;1-2-4-5-3-1;/h1-8,16H,(H,15,17);1-5H;/q;;+2/b12-7-;;. The molecule has 1 aromatic rings. The van der Waals surface area contributed by atoms with Crippen LogP contribution in [0.3, 0.4) is 0 Å². The molecule has 3 nitrogen and oxygen atoms in total. The van der Waals surface area contributed by atoms with Crippen LogP contribution in [0.1, 0.15) is 5.56 Å². The van der Waals surface area contributed by atoms with Crippen molar-refractivity contribution in [1.29, 1.82) is 0 Å². The summed E-state index contributed by atoms with van der Waals surface area (Å²) >= 11 is 0. The van der Waals surface area contributed by atoms with E-state index in [1.54, 1.807) is 18.2 Å². The van der Waals surface area contributed by atoms with Crippen LogP contribution in [0.4, 0.5) is 5.69 Å². The van der Waals surface area contributed by atoms with Gasteiger partial charge in [0.2, 0.25) is 0 Å². The molecule has 10 radical (unpaired) electrons. The molecule has 1 aliphatic heterocycles. The predicted molar refractivity (Wildman–Crippen MR) is 86.7 cm³/mol. The zero-order valence-electron chi connectivity index (χ0n) is 12.2. The molecule has 0 saturated heterocycles. The number of fused-ring (bicyclic) bond motifs is 1. The molecule has 23 heavy (non-hydrogen) atoms. The van der Waals surface area contributed by atoms with Crippen molar-refractivity contribution in [2.75, 3.05) is 5.32 Å². The monoisotopic (exact) mass is 345 g/mol. The molecule has 1 heterocycles. The van der Waals surface area contributed by atoms with E-state index in [1.807, 2.05) is 63.9 Å². The van der Waals surface area contributed by atoms with E-state index in [0.717, 1.165) is 17.2 Å². The fourth-order valence-electron chi connectivity index (χ4n) is 2.29. The van der Waals surface area contributed by atoms with E-state index >= 15 is 0 Å². The van der Waals surface area contributed by atoms with Gasteiger partial charge in [0.25, 0.3) is 5.91 Å². The summed E-state index contributed by atoms with van der Waals surface area (Å²) in [5, 5.41) is 12.2. The Kier molecular flexibility index (Phi) is 6.73. The van der Waals surface area contributed by atoms with Gasteiger partial charge in [-0.3, -0.25) is 4.79 Å². The Morgan fingerprint density at radius 1 is 0.913 bits per heavy atom. The van der Waals surface area contributed by atoms with Crippen molar-refractivity contribution in [1.82, 2.24) is 0 Å². The number of nitrogens with one attached hydrogen (secondary N) is 1. The van der Waals surface area contributed by atoms with Crippen LogP contribution in [0.15, 0.2) is 24.3 Å². The van der Waals surface area contributed by atoms with Crippen LogP contribution in [0.2, 0.25) is 0 Å². The van der Waals surface area contributed by atoms with Crippen LogP contribution >= 0.6 is 0 Å². The molecule has 2 N–H and O–H groups in total. The van der Waals surface area contributed by atoms with E-state index in [-0.39, 0.29) is 28.7 Å². The fraction of sp³-hybridized carbons (Fsp3) is 0. The Labute approximate surface area is 149 Å². The van der Waals surface area contributed by atoms with Crippen LogP contribution in [-0.4, -0.2) is 11.0 Å². The number of rotatable bonds is 1. The Hall–Kier alpha value is -1.25. The average Bonchev–Trinajstić information content (AvgIpc) is 3.25. The molecule has 0 atom stereocenters. The van der Waals surface area contributed by atoms with Crippen LogP contribution in [0.5, 0.6) is 5.75 Å². The van der Waals surface area contributed by atoms with Gasteiger partial charge in [-0.05, 0) is 76.0 Å². The maximum Gasteiger partial charge on any atom is 2.00 e. The first-order chi connectivity index (χ1) is 10.7. The van der Waals surface area contributed by atoms with Crippen molar-refractivity contribution >= 4 is 17.2 Å². The van der Waals surface area contributed by atoms with Crippen molar-refractivity contribution in [2.45, 2.75) is 0 Å². The van der Waals surface area contributed by atoms with E-state index in [2.05, 4.69) is 5.32 Å². The molecular formula is C19H15FeNO2+2. The number of amides is 1. The van der Waals surface area contributed by atoms with Gasteiger partial charge in [0, 0.05) is 22.7 Å². The molecule has 2 fully saturated rings. The number of hydrogen-bond acceptors (Lipinski definition) is 2. The summed E-state index contributed by atoms with van der Waals surface area (Å²) in [5.41, 5.74) is 2.07. The third kappa shape index (κ3) is 4.62. The predicted octanol–water partition coefficient (Wildman–Crippen LogP) is 3.15. The topological polar surface area (TPSA) is 49.3 Å². The van der Waals surface area contributed by atoms with E-state index in [9.17, 15) is 9.90 Å². The van der Waals surface area contributed by atoms with Crippen LogP contribution in [0.25, 0.3) is 5.57 Å². The van der Waals surface area contributed by atoms with Crippen molar-refractivity contribution in [3.8, 4) is 5.75 Å².